The molecule has 32 heavy (non-hydrogen) atoms. The van der Waals surface area contributed by atoms with Crippen LogP contribution in [0.5, 0.6) is 0 Å². The molecule has 2 N–H and O–H groups in total. The van der Waals surface area contributed by atoms with Crippen LogP contribution >= 0.6 is 0 Å². The topological polar surface area (TPSA) is 74.6 Å². The second kappa shape index (κ2) is 31.9. The average Bonchev–Trinajstić information content (AvgIpc) is 2.70. The summed E-state index contributed by atoms with van der Waals surface area (Å²) in [6, 6.07) is 0. The quantitative estimate of drug-likeness (QED) is 0.0743. The molecule has 0 atom stereocenters. The van der Waals surface area contributed by atoms with E-state index in [2.05, 4.69) is 13.8 Å². The van der Waals surface area contributed by atoms with Crippen LogP contribution in [0.3, 0.4) is 0 Å². The normalized spacial score (nSPS) is 11.0. The molecule has 0 amide bonds. The van der Waals surface area contributed by atoms with Crippen molar-refractivity contribution in [3.8, 4) is 0 Å². The summed E-state index contributed by atoms with van der Waals surface area (Å²) in [5, 5.41) is 0. The van der Waals surface area contributed by atoms with Gasteiger partial charge in [-0.15, -0.1) is 0 Å². The predicted octanol–water partition coefficient (Wildman–Crippen LogP) is 6.55. The summed E-state index contributed by atoms with van der Waals surface area (Å²) in [5.74, 6) is 0. The van der Waals surface area contributed by atoms with Crippen LogP contribution < -0.4 is 29.6 Å². The van der Waals surface area contributed by atoms with E-state index in [0.717, 1.165) is 6.42 Å². The van der Waals surface area contributed by atoms with Crippen molar-refractivity contribution in [2.24, 2.45) is 0 Å². The molecule has 190 valence electrons. The van der Waals surface area contributed by atoms with Crippen LogP contribution in [0.15, 0.2) is 0 Å². The van der Waals surface area contributed by atoms with Gasteiger partial charge in [0, 0.05) is 0 Å². The van der Waals surface area contributed by atoms with Gasteiger partial charge in [0.15, 0.2) is 0 Å². The largest absolute Gasteiger partial charge is 1.00 e. The number of unbranched alkanes of at least 4 members (excludes halogenated alkanes) is 23. The van der Waals surface area contributed by atoms with Gasteiger partial charge in [0.1, 0.15) is 0 Å². The Morgan fingerprint density at radius 2 is 0.625 bits per heavy atom. The van der Waals surface area contributed by atoms with Crippen LogP contribution in [-0.2, 0) is 10.4 Å². The van der Waals surface area contributed by atoms with E-state index in [1.807, 2.05) is 0 Å². The minimum atomic E-state index is -4.67. The van der Waals surface area contributed by atoms with Gasteiger partial charge in [0.25, 0.3) is 0 Å². The smallest absolute Gasteiger partial charge is 0.343 e. The van der Waals surface area contributed by atoms with Gasteiger partial charge in [-0.05, 0) is 0 Å². The molecule has 0 saturated heterocycles. The van der Waals surface area contributed by atoms with Gasteiger partial charge in [-0.25, -0.2) is 0 Å². The van der Waals surface area contributed by atoms with Crippen LogP contribution in [0.25, 0.3) is 0 Å². The first kappa shape index (κ1) is 37.4. The SMILES string of the molecule is O=S(=O)(O)O.[CH2-]CCCCCCCCCCCCCCCCCCCCCCCCC.[Na+]. The first-order valence-electron chi connectivity index (χ1n) is 13.4. The maximum atomic E-state index is 8.74. The maximum absolute atomic E-state index is 8.74. The molecular formula is C26H55NaO4S. The Morgan fingerprint density at radius 3 is 0.781 bits per heavy atom. The van der Waals surface area contributed by atoms with E-state index < -0.39 is 10.4 Å². The zero-order valence-corrected chi connectivity index (χ0v) is 24.6. The minimum Gasteiger partial charge on any atom is -0.343 e. The molecule has 0 aliphatic heterocycles. The molecule has 0 aromatic carbocycles. The van der Waals surface area contributed by atoms with Crippen LogP contribution in [0.2, 0.25) is 0 Å². The van der Waals surface area contributed by atoms with Crippen molar-refractivity contribution in [3.63, 3.8) is 0 Å². The van der Waals surface area contributed by atoms with Crippen LogP contribution in [0.1, 0.15) is 161 Å². The summed E-state index contributed by atoms with van der Waals surface area (Å²) in [7, 11) is -4.67. The van der Waals surface area contributed by atoms with E-state index >= 15 is 0 Å². The molecule has 6 heteroatoms. The molecule has 0 fully saturated rings. The summed E-state index contributed by atoms with van der Waals surface area (Å²) in [4.78, 5) is 0. The van der Waals surface area contributed by atoms with Crippen molar-refractivity contribution < 1.29 is 47.1 Å². The van der Waals surface area contributed by atoms with Gasteiger partial charge in [-0.1, -0.05) is 155 Å². The molecule has 0 aliphatic rings. The van der Waals surface area contributed by atoms with Gasteiger partial charge in [0.05, 0.1) is 0 Å². The first-order valence-corrected chi connectivity index (χ1v) is 14.8. The van der Waals surface area contributed by atoms with Gasteiger partial charge in [-0.2, -0.15) is 14.8 Å². The van der Waals surface area contributed by atoms with Gasteiger partial charge in [-0.3, -0.25) is 9.11 Å². The molecule has 0 radical (unpaired) electrons. The van der Waals surface area contributed by atoms with Crippen molar-refractivity contribution in [2.75, 3.05) is 0 Å². The molecule has 0 rings (SSSR count). The van der Waals surface area contributed by atoms with Crippen LogP contribution in [0, 0.1) is 6.92 Å². The fourth-order valence-electron chi connectivity index (χ4n) is 3.96. The summed E-state index contributed by atoms with van der Waals surface area (Å²) in [5.41, 5.74) is 0. The first-order chi connectivity index (χ1) is 14.9. The molecular weight excluding hydrogens is 431 g/mol. The zero-order valence-electron chi connectivity index (χ0n) is 21.8. The molecule has 0 aliphatic carbocycles. The maximum Gasteiger partial charge on any atom is 1.00 e. The van der Waals surface area contributed by atoms with Crippen molar-refractivity contribution >= 4 is 10.4 Å². The standard InChI is InChI=1S/C26H53.Na.H2O4S/c1-3-5-7-9-11-13-15-17-19-21-23-25-26-24-22-20-18-16-14-12-10-8-6-4-2;;1-5(2,3)4/h1,3-26H2,2H3;;(H2,1,2,3,4)/q-1;+1;. The van der Waals surface area contributed by atoms with Crippen LogP contribution in [0.4, 0.5) is 0 Å². The fourth-order valence-corrected chi connectivity index (χ4v) is 3.96. The van der Waals surface area contributed by atoms with E-state index in [1.165, 1.54) is 148 Å². The van der Waals surface area contributed by atoms with Crippen molar-refractivity contribution in [1.82, 2.24) is 0 Å². The third kappa shape index (κ3) is 48.3. The Bertz CT molecular complexity index is 384. The van der Waals surface area contributed by atoms with E-state index in [1.54, 1.807) is 0 Å². The Kier molecular flexibility index (Phi) is 37.3. The van der Waals surface area contributed by atoms with Crippen molar-refractivity contribution in [1.29, 1.82) is 0 Å². The van der Waals surface area contributed by atoms with Crippen LogP contribution in [-0.4, -0.2) is 17.5 Å². The monoisotopic (exact) mass is 486 g/mol. The van der Waals surface area contributed by atoms with E-state index in [4.69, 9.17) is 17.5 Å². The Balaban J connectivity index is -0.00000125. The Hall–Kier alpha value is 0.870. The molecule has 0 aromatic heterocycles. The summed E-state index contributed by atoms with van der Waals surface area (Å²) >= 11 is 0. The van der Waals surface area contributed by atoms with Gasteiger partial charge < -0.3 is 6.92 Å². The van der Waals surface area contributed by atoms with Crippen molar-refractivity contribution in [3.05, 3.63) is 6.92 Å². The van der Waals surface area contributed by atoms with Crippen molar-refractivity contribution in [2.45, 2.75) is 161 Å². The third-order valence-electron chi connectivity index (χ3n) is 5.85. The summed E-state index contributed by atoms with van der Waals surface area (Å²) in [6.07, 6.45) is 34.8. The predicted molar refractivity (Wildman–Crippen MR) is 136 cm³/mol. The molecule has 0 heterocycles. The molecule has 4 nitrogen and oxygen atoms in total. The summed E-state index contributed by atoms with van der Waals surface area (Å²) in [6.45, 7) is 6.21. The van der Waals surface area contributed by atoms with E-state index in [0.29, 0.717) is 0 Å². The number of rotatable bonds is 23. The second-order valence-electron chi connectivity index (χ2n) is 9.08. The van der Waals surface area contributed by atoms with Gasteiger partial charge in [0.2, 0.25) is 0 Å². The van der Waals surface area contributed by atoms with E-state index in [-0.39, 0.29) is 29.6 Å². The molecule has 0 spiro atoms. The zero-order chi connectivity index (χ0) is 23.5. The Labute approximate surface area is 224 Å². The number of hydrogen-bond donors (Lipinski definition) is 2. The van der Waals surface area contributed by atoms with Gasteiger partial charge >= 0.3 is 40.0 Å². The molecule has 0 unspecified atom stereocenters. The molecule has 0 saturated carbocycles. The van der Waals surface area contributed by atoms with E-state index in [9.17, 15) is 0 Å². The number of hydrogen-bond acceptors (Lipinski definition) is 2. The minimum absolute atomic E-state index is 0. The molecule has 0 aromatic rings. The Morgan fingerprint density at radius 1 is 0.469 bits per heavy atom. The average molecular weight is 487 g/mol. The molecule has 0 bridgehead atoms. The third-order valence-corrected chi connectivity index (χ3v) is 5.85. The fraction of sp³-hybridized carbons (Fsp3) is 0.962. The summed E-state index contributed by atoms with van der Waals surface area (Å²) < 4.78 is 31.6. The second-order valence-corrected chi connectivity index (χ2v) is 9.98.